The summed E-state index contributed by atoms with van der Waals surface area (Å²) in [6.07, 6.45) is 6.16. The molecule has 2 N–H and O–H groups in total. The molecule has 1 aliphatic rings. The third kappa shape index (κ3) is 1.69. The molecule has 1 aromatic carbocycles. The lowest BCUT2D eigenvalue weighted by Gasteiger charge is -2.09. The number of nitrogen functional groups attached to an aromatic ring is 1. The van der Waals surface area contributed by atoms with Gasteiger partial charge in [-0.1, -0.05) is 0 Å². The molecule has 0 atom stereocenters. The lowest BCUT2D eigenvalue weighted by atomic mass is 10.1. The van der Waals surface area contributed by atoms with E-state index in [0.717, 1.165) is 34.7 Å². The van der Waals surface area contributed by atoms with Crippen LogP contribution in [0.2, 0.25) is 0 Å². The fraction of sp³-hybridized carbons (Fsp3) is 0.308. The number of aromatic nitrogens is 1. The number of fused-ring (bicyclic) bond motifs is 1. The van der Waals surface area contributed by atoms with Gasteiger partial charge in [-0.05, 0) is 37.0 Å². The number of hydrogen-bond donors (Lipinski definition) is 1. The quantitative estimate of drug-likeness (QED) is 0.799. The molecule has 2 aromatic rings. The summed E-state index contributed by atoms with van der Waals surface area (Å²) in [4.78, 5) is 4.12. The molecule has 0 spiro atoms. The van der Waals surface area contributed by atoms with Crippen molar-refractivity contribution in [1.82, 2.24) is 4.98 Å². The summed E-state index contributed by atoms with van der Waals surface area (Å²) in [5, 5.41) is 2.02. The summed E-state index contributed by atoms with van der Waals surface area (Å²) in [5.74, 6) is 1.65. The summed E-state index contributed by atoms with van der Waals surface area (Å²) < 4.78 is 5.80. The molecule has 0 saturated heterocycles. The fourth-order valence-corrected chi connectivity index (χ4v) is 1.81. The summed E-state index contributed by atoms with van der Waals surface area (Å²) >= 11 is 0. The van der Waals surface area contributed by atoms with Gasteiger partial charge in [-0.15, -0.1) is 0 Å². The van der Waals surface area contributed by atoms with Crippen LogP contribution in [0.3, 0.4) is 0 Å². The minimum atomic E-state index is 0.754. The van der Waals surface area contributed by atoms with Crippen LogP contribution in [0.1, 0.15) is 12.8 Å². The number of ether oxygens (including phenoxy) is 1. The van der Waals surface area contributed by atoms with E-state index in [2.05, 4.69) is 4.98 Å². The Bertz CT molecular complexity index is 520. The van der Waals surface area contributed by atoms with Gasteiger partial charge in [0.05, 0.1) is 6.61 Å². The molecule has 16 heavy (non-hydrogen) atoms. The van der Waals surface area contributed by atoms with Gasteiger partial charge in [0.1, 0.15) is 5.75 Å². The van der Waals surface area contributed by atoms with Crippen LogP contribution in [0.15, 0.2) is 30.6 Å². The van der Waals surface area contributed by atoms with E-state index in [1.165, 1.54) is 12.8 Å². The maximum absolute atomic E-state index is 5.91. The van der Waals surface area contributed by atoms with E-state index < -0.39 is 0 Å². The molecule has 0 radical (unpaired) electrons. The highest BCUT2D eigenvalue weighted by Crippen LogP contribution is 2.33. The minimum Gasteiger partial charge on any atom is -0.493 e. The molecule has 1 fully saturated rings. The Kier molecular flexibility index (Phi) is 2.17. The summed E-state index contributed by atoms with van der Waals surface area (Å²) in [6.45, 7) is 0.813. The van der Waals surface area contributed by atoms with Gasteiger partial charge in [0.15, 0.2) is 0 Å². The van der Waals surface area contributed by atoms with Crippen LogP contribution in [0.4, 0.5) is 5.69 Å². The van der Waals surface area contributed by atoms with Crippen molar-refractivity contribution in [2.24, 2.45) is 5.92 Å². The van der Waals surface area contributed by atoms with Gasteiger partial charge < -0.3 is 10.5 Å². The number of hydrogen-bond acceptors (Lipinski definition) is 3. The number of pyridine rings is 1. The van der Waals surface area contributed by atoms with Crippen molar-refractivity contribution < 1.29 is 4.74 Å². The Hall–Kier alpha value is -1.77. The largest absolute Gasteiger partial charge is 0.493 e. The first-order valence-corrected chi connectivity index (χ1v) is 5.59. The van der Waals surface area contributed by atoms with Crippen LogP contribution >= 0.6 is 0 Å². The Morgan fingerprint density at radius 3 is 2.94 bits per heavy atom. The fourth-order valence-electron chi connectivity index (χ4n) is 1.81. The third-order valence-corrected chi connectivity index (χ3v) is 2.98. The number of benzene rings is 1. The van der Waals surface area contributed by atoms with Crippen molar-refractivity contribution in [3.05, 3.63) is 30.6 Å². The van der Waals surface area contributed by atoms with Crippen molar-refractivity contribution in [3.63, 3.8) is 0 Å². The topological polar surface area (TPSA) is 48.1 Å². The van der Waals surface area contributed by atoms with E-state index in [0.29, 0.717) is 0 Å². The highest BCUT2D eigenvalue weighted by Gasteiger charge is 2.22. The van der Waals surface area contributed by atoms with Gasteiger partial charge in [-0.25, -0.2) is 0 Å². The monoisotopic (exact) mass is 214 g/mol. The van der Waals surface area contributed by atoms with Gasteiger partial charge in [-0.3, -0.25) is 4.98 Å². The number of rotatable bonds is 3. The summed E-state index contributed by atoms with van der Waals surface area (Å²) in [5.41, 5.74) is 6.68. The van der Waals surface area contributed by atoms with E-state index in [9.17, 15) is 0 Å². The van der Waals surface area contributed by atoms with E-state index in [-0.39, 0.29) is 0 Å². The van der Waals surface area contributed by atoms with Gasteiger partial charge in [-0.2, -0.15) is 0 Å². The zero-order chi connectivity index (χ0) is 11.0. The predicted octanol–water partition coefficient (Wildman–Crippen LogP) is 2.61. The number of nitrogens with two attached hydrogens (primary N) is 1. The zero-order valence-corrected chi connectivity index (χ0v) is 9.02. The smallest absolute Gasteiger partial charge is 0.128 e. The highest BCUT2D eigenvalue weighted by atomic mass is 16.5. The van der Waals surface area contributed by atoms with E-state index >= 15 is 0 Å². The molecule has 0 unspecified atom stereocenters. The van der Waals surface area contributed by atoms with Crippen molar-refractivity contribution in [3.8, 4) is 5.75 Å². The molecule has 3 heteroatoms. The minimum absolute atomic E-state index is 0.754. The molecule has 0 amide bonds. The van der Waals surface area contributed by atoms with Crippen LogP contribution in [-0.4, -0.2) is 11.6 Å². The molecule has 1 heterocycles. The SMILES string of the molecule is Nc1ccc(OCC2CC2)c2cnccc12. The molecule has 0 aliphatic heterocycles. The molecule has 1 aromatic heterocycles. The average Bonchev–Trinajstić information content (AvgIpc) is 3.13. The normalized spacial score (nSPS) is 15.2. The van der Waals surface area contributed by atoms with Crippen LogP contribution in [0, 0.1) is 5.92 Å². The first-order valence-electron chi connectivity index (χ1n) is 5.59. The molecule has 3 nitrogen and oxygen atoms in total. The van der Waals surface area contributed by atoms with Crippen molar-refractivity contribution in [2.45, 2.75) is 12.8 Å². The molecule has 0 bridgehead atoms. The number of nitrogens with zero attached hydrogens (tertiary/aromatic N) is 1. The molecule has 1 saturated carbocycles. The second-order valence-corrected chi connectivity index (χ2v) is 4.33. The third-order valence-electron chi connectivity index (χ3n) is 2.98. The van der Waals surface area contributed by atoms with Crippen molar-refractivity contribution in [2.75, 3.05) is 12.3 Å². The van der Waals surface area contributed by atoms with Crippen LogP contribution in [-0.2, 0) is 0 Å². The van der Waals surface area contributed by atoms with Crippen LogP contribution in [0.5, 0.6) is 5.75 Å². The van der Waals surface area contributed by atoms with Gasteiger partial charge in [0.25, 0.3) is 0 Å². The molecule has 3 rings (SSSR count). The Balaban J connectivity index is 1.99. The average molecular weight is 214 g/mol. The van der Waals surface area contributed by atoms with Gasteiger partial charge >= 0.3 is 0 Å². The van der Waals surface area contributed by atoms with E-state index in [4.69, 9.17) is 10.5 Å². The number of anilines is 1. The second-order valence-electron chi connectivity index (χ2n) is 4.33. The second kappa shape index (κ2) is 3.67. The Morgan fingerprint density at radius 1 is 1.25 bits per heavy atom. The molecular formula is C13H14N2O. The lowest BCUT2D eigenvalue weighted by molar-refractivity contribution is 0.303. The highest BCUT2D eigenvalue weighted by molar-refractivity contribution is 5.96. The van der Waals surface area contributed by atoms with Crippen molar-refractivity contribution >= 4 is 16.5 Å². The maximum atomic E-state index is 5.91. The summed E-state index contributed by atoms with van der Waals surface area (Å²) in [7, 11) is 0. The first-order chi connectivity index (χ1) is 7.84. The van der Waals surface area contributed by atoms with E-state index in [1.54, 1.807) is 6.20 Å². The molecule has 1 aliphatic carbocycles. The molecular weight excluding hydrogens is 200 g/mol. The van der Waals surface area contributed by atoms with Crippen molar-refractivity contribution in [1.29, 1.82) is 0 Å². The first kappa shape index (κ1) is 9.46. The predicted molar refractivity (Wildman–Crippen MR) is 64.4 cm³/mol. The van der Waals surface area contributed by atoms with E-state index in [1.807, 2.05) is 24.4 Å². The maximum Gasteiger partial charge on any atom is 0.128 e. The van der Waals surface area contributed by atoms with Gasteiger partial charge in [0.2, 0.25) is 0 Å². The molecule has 82 valence electrons. The Labute approximate surface area is 94.2 Å². The standard InChI is InChI=1S/C13H14N2O/c14-12-3-4-13(16-8-9-1-2-9)11-7-15-6-5-10(11)12/h3-7,9H,1-2,8,14H2. The van der Waals surface area contributed by atoms with Crippen LogP contribution in [0.25, 0.3) is 10.8 Å². The summed E-state index contributed by atoms with van der Waals surface area (Å²) in [6, 6.07) is 5.75. The lowest BCUT2D eigenvalue weighted by Crippen LogP contribution is -2.00. The zero-order valence-electron chi connectivity index (χ0n) is 9.02. The Morgan fingerprint density at radius 2 is 2.12 bits per heavy atom. The van der Waals surface area contributed by atoms with Crippen LogP contribution < -0.4 is 10.5 Å². The van der Waals surface area contributed by atoms with Gasteiger partial charge in [0, 0.05) is 28.9 Å².